The Kier molecular flexibility index (Phi) is 5.08. The van der Waals surface area contributed by atoms with Crippen molar-refractivity contribution < 1.29 is 23.8 Å². The van der Waals surface area contributed by atoms with Crippen LogP contribution >= 0.6 is 0 Å². The fourth-order valence-electron chi connectivity index (χ4n) is 3.28. The molecule has 2 atom stereocenters. The van der Waals surface area contributed by atoms with Crippen molar-refractivity contribution in [2.45, 2.75) is 39.2 Å². The van der Waals surface area contributed by atoms with Crippen LogP contribution in [0, 0.1) is 19.8 Å². The third-order valence-corrected chi connectivity index (χ3v) is 4.87. The lowest BCUT2D eigenvalue weighted by molar-refractivity contribution is -0.145. The third kappa shape index (κ3) is 3.85. The van der Waals surface area contributed by atoms with E-state index in [1.807, 2.05) is 26.0 Å². The van der Waals surface area contributed by atoms with E-state index >= 15 is 0 Å². The van der Waals surface area contributed by atoms with Gasteiger partial charge in [-0.05, 0) is 49.9 Å². The van der Waals surface area contributed by atoms with Crippen LogP contribution < -0.4 is 5.32 Å². The van der Waals surface area contributed by atoms with Gasteiger partial charge in [0.15, 0.2) is 0 Å². The van der Waals surface area contributed by atoms with E-state index in [1.165, 1.54) is 0 Å². The normalized spacial score (nSPS) is 18.9. The average Bonchev–Trinajstić information content (AvgIpc) is 2.95. The minimum absolute atomic E-state index is 0.0901. The minimum atomic E-state index is -1.02. The highest BCUT2D eigenvalue weighted by atomic mass is 16.5. The Balaban J connectivity index is 1.73. The quantitative estimate of drug-likeness (QED) is 0.869. The molecule has 1 aliphatic rings. The van der Waals surface area contributed by atoms with Gasteiger partial charge < -0.3 is 19.6 Å². The summed E-state index contributed by atoms with van der Waals surface area (Å²) in [5.41, 5.74) is 3.75. The number of carbonyl (C=O) groups excluding carboxylic acids is 1. The number of rotatable bonds is 5. The Morgan fingerprint density at radius 1 is 1.32 bits per heavy atom. The molecule has 2 heterocycles. The zero-order valence-electron chi connectivity index (χ0n) is 14.5. The second-order valence-electron chi connectivity index (χ2n) is 6.73. The van der Waals surface area contributed by atoms with E-state index in [0.717, 1.165) is 40.5 Å². The van der Waals surface area contributed by atoms with Crippen LogP contribution in [0.3, 0.4) is 0 Å². The Morgan fingerprint density at radius 2 is 2.08 bits per heavy atom. The van der Waals surface area contributed by atoms with E-state index in [4.69, 9.17) is 9.15 Å². The Hall–Kier alpha value is -2.34. The lowest BCUT2D eigenvalue weighted by Gasteiger charge is -2.28. The Morgan fingerprint density at radius 3 is 2.76 bits per heavy atom. The summed E-state index contributed by atoms with van der Waals surface area (Å²) in [6, 6.07) is 3.03. The molecule has 3 rings (SSSR count). The molecule has 0 saturated carbocycles. The molecular weight excluding hydrogens is 322 g/mol. The van der Waals surface area contributed by atoms with Gasteiger partial charge in [0.25, 0.3) is 0 Å². The smallest absolute Gasteiger partial charge is 0.326 e. The van der Waals surface area contributed by atoms with Crippen LogP contribution in [0.4, 0.5) is 0 Å². The molecular formula is C19H23NO5. The van der Waals surface area contributed by atoms with Crippen molar-refractivity contribution in [2.24, 2.45) is 5.92 Å². The van der Waals surface area contributed by atoms with Crippen LogP contribution in [0.5, 0.6) is 0 Å². The number of hydrogen-bond acceptors (Lipinski definition) is 4. The number of ether oxygens (including phenoxy) is 1. The maximum atomic E-state index is 12.4. The van der Waals surface area contributed by atoms with E-state index in [9.17, 15) is 14.7 Å². The molecule has 2 unspecified atom stereocenters. The Bertz CT molecular complexity index is 788. The first-order valence-electron chi connectivity index (χ1n) is 8.53. The molecule has 6 nitrogen and oxygen atoms in total. The monoisotopic (exact) mass is 345 g/mol. The van der Waals surface area contributed by atoms with Crippen LogP contribution in [-0.2, 0) is 20.7 Å². The first kappa shape index (κ1) is 17.5. The molecule has 0 bridgehead atoms. The van der Waals surface area contributed by atoms with Crippen molar-refractivity contribution in [2.75, 3.05) is 13.2 Å². The first-order chi connectivity index (χ1) is 12.0. The summed E-state index contributed by atoms with van der Waals surface area (Å²) in [7, 11) is 0. The van der Waals surface area contributed by atoms with Gasteiger partial charge in [0, 0.05) is 23.5 Å². The van der Waals surface area contributed by atoms with Gasteiger partial charge in [0.1, 0.15) is 11.6 Å². The van der Waals surface area contributed by atoms with Crippen LogP contribution in [0.15, 0.2) is 22.8 Å². The fourth-order valence-corrected chi connectivity index (χ4v) is 3.28. The zero-order valence-corrected chi connectivity index (χ0v) is 14.5. The molecule has 0 radical (unpaired) electrons. The molecule has 0 aliphatic carbocycles. The van der Waals surface area contributed by atoms with Crippen molar-refractivity contribution >= 4 is 22.8 Å². The second-order valence-corrected chi connectivity index (χ2v) is 6.73. The summed E-state index contributed by atoms with van der Waals surface area (Å²) in [6.07, 6.45) is 3.22. The number of amides is 1. The zero-order chi connectivity index (χ0) is 18.0. The van der Waals surface area contributed by atoms with E-state index in [0.29, 0.717) is 13.2 Å². The molecule has 25 heavy (non-hydrogen) atoms. The van der Waals surface area contributed by atoms with Crippen LogP contribution in [0.2, 0.25) is 0 Å². The molecule has 1 aromatic carbocycles. The van der Waals surface area contributed by atoms with Gasteiger partial charge in [-0.3, -0.25) is 4.79 Å². The van der Waals surface area contributed by atoms with Crippen molar-refractivity contribution in [1.82, 2.24) is 5.32 Å². The van der Waals surface area contributed by atoms with Gasteiger partial charge in [-0.1, -0.05) is 0 Å². The fraction of sp³-hybridized carbons (Fsp3) is 0.474. The molecule has 1 aromatic heterocycles. The predicted octanol–water partition coefficient (Wildman–Crippen LogP) is 2.59. The van der Waals surface area contributed by atoms with Crippen molar-refractivity contribution in [3.05, 3.63) is 35.1 Å². The molecule has 1 fully saturated rings. The summed E-state index contributed by atoms with van der Waals surface area (Å²) >= 11 is 0. The number of nitrogens with one attached hydrogen (secondary N) is 1. The van der Waals surface area contributed by atoms with Crippen molar-refractivity contribution in [1.29, 1.82) is 0 Å². The third-order valence-electron chi connectivity index (χ3n) is 4.87. The summed E-state index contributed by atoms with van der Waals surface area (Å²) in [4.78, 5) is 23.9. The minimum Gasteiger partial charge on any atom is -0.480 e. The summed E-state index contributed by atoms with van der Waals surface area (Å²) < 4.78 is 10.9. The highest BCUT2D eigenvalue weighted by Gasteiger charge is 2.31. The molecule has 1 amide bonds. The lowest BCUT2D eigenvalue weighted by Crippen LogP contribution is -2.48. The number of carboxylic acid groups (broad SMARTS) is 1. The summed E-state index contributed by atoms with van der Waals surface area (Å²) in [6.45, 7) is 5.03. The lowest BCUT2D eigenvalue weighted by atomic mass is 9.93. The highest BCUT2D eigenvalue weighted by Crippen LogP contribution is 2.25. The number of furan rings is 1. The predicted molar refractivity (Wildman–Crippen MR) is 92.5 cm³/mol. The van der Waals surface area contributed by atoms with E-state index in [2.05, 4.69) is 5.32 Å². The van der Waals surface area contributed by atoms with Crippen LogP contribution in [0.1, 0.15) is 29.5 Å². The van der Waals surface area contributed by atoms with Gasteiger partial charge in [0.2, 0.25) is 5.91 Å². The maximum Gasteiger partial charge on any atom is 0.326 e. The molecule has 2 aromatic rings. The molecule has 1 aliphatic heterocycles. The van der Waals surface area contributed by atoms with E-state index < -0.39 is 12.0 Å². The number of carboxylic acids is 1. The number of hydrogen-bond donors (Lipinski definition) is 2. The van der Waals surface area contributed by atoms with E-state index in [-0.39, 0.29) is 18.2 Å². The van der Waals surface area contributed by atoms with Crippen molar-refractivity contribution in [3.63, 3.8) is 0 Å². The molecule has 134 valence electrons. The molecule has 6 heteroatoms. The Labute approximate surface area is 146 Å². The number of benzene rings is 1. The topological polar surface area (TPSA) is 88.8 Å². The molecule has 2 N–H and O–H groups in total. The molecule has 1 saturated heterocycles. The van der Waals surface area contributed by atoms with Gasteiger partial charge in [-0.2, -0.15) is 0 Å². The standard InChI is InChI=1S/C19H23NO5/c1-11-6-15-14(10-25-16(15)7-12(11)2)8-17(21)20-18(19(22)23)13-4-3-5-24-9-13/h6-7,10,13,18H,3-5,8-9H2,1-2H3,(H,20,21)(H,22,23). The largest absolute Gasteiger partial charge is 0.480 e. The first-order valence-corrected chi connectivity index (χ1v) is 8.53. The average molecular weight is 345 g/mol. The van der Waals surface area contributed by atoms with Gasteiger partial charge >= 0.3 is 5.97 Å². The van der Waals surface area contributed by atoms with E-state index in [1.54, 1.807) is 6.26 Å². The number of carbonyl (C=O) groups is 2. The number of aryl methyl sites for hydroxylation is 2. The van der Waals surface area contributed by atoms with Crippen LogP contribution in [-0.4, -0.2) is 36.2 Å². The summed E-state index contributed by atoms with van der Waals surface area (Å²) in [5.74, 6) is -1.53. The summed E-state index contributed by atoms with van der Waals surface area (Å²) in [5, 5.41) is 13.0. The number of aliphatic carboxylic acids is 1. The molecule has 0 spiro atoms. The second kappa shape index (κ2) is 7.27. The maximum absolute atomic E-state index is 12.4. The van der Waals surface area contributed by atoms with Crippen molar-refractivity contribution in [3.8, 4) is 0 Å². The van der Waals surface area contributed by atoms with Gasteiger partial charge in [0.05, 0.1) is 19.3 Å². The van der Waals surface area contributed by atoms with Gasteiger partial charge in [-0.25, -0.2) is 4.79 Å². The number of fused-ring (bicyclic) bond motifs is 1. The van der Waals surface area contributed by atoms with Crippen LogP contribution in [0.25, 0.3) is 11.0 Å². The van der Waals surface area contributed by atoms with Gasteiger partial charge in [-0.15, -0.1) is 0 Å². The SMILES string of the molecule is Cc1cc2occ(CC(=O)NC(C(=O)O)C3CCCOC3)c2cc1C. The highest BCUT2D eigenvalue weighted by molar-refractivity contribution is 5.90.